The van der Waals surface area contributed by atoms with Crippen molar-refractivity contribution in [3.63, 3.8) is 0 Å². The van der Waals surface area contributed by atoms with E-state index in [0.29, 0.717) is 22.6 Å². The van der Waals surface area contributed by atoms with Crippen LogP contribution in [0.25, 0.3) is 10.9 Å². The number of sulfone groups is 1. The lowest BCUT2D eigenvalue weighted by Gasteiger charge is -2.17. The maximum atomic E-state index is 13.1. The third kappa shape index (κ3) is 3.78. The van der Waals surface area contributed by atoms with Crippen molar-refractivity contribution < 1.29 is 13.5 Å². The second-order valence-corrected chi connectivity index (χ2v) is 9.95. The fraction of sp³-hybridized carbons (Fsp3) is 0.263. The van der Waals surface area contributed by atoms with Crippen molar-refractivity contribution in [2.75, 3.05) is 11.5 Å². The van der Waals surface area contributed by atoms with Crippen molar-refractivity contribution in [3.05, 3.63) is 70.5 Å². The number of thioether (sulfide) groups is 1. The zero-order valence-electron chi connectivity index (χ0n) is 14.4. The van der Waals surface area contributed by atoms with Crippen LogP contribution in [0.15, 0.2) is 64.5 Å². The molecule has 6 nitrogen and oxygen atoms in total. The predicted octanol–water partition coefficient (Wildman–Crippen LogP) is 1.69. The van der Waals surface area contributed by atoms with E-state index < -0.39 is 21.2 Å². The zero-order valence-corrected chi connectivity index (χ0v) is 16.0. The number of aliphatic hydroxyl groups excluding tert-OH is 1. The van der Waals surface area contributed by atoms with E-state index in [-0.39, 0.29) is 17.1 Å². The maximum absolute atomic E-state index is 13.1. The summed E-state index contributed by atoms with van der Waals surface area (Å²) in [6.07, 6.45) is -0.964. The molecule has 1 N–H and O–H groups in total. The van der Waals surface area contributed by atoms with Gasteiger partial charge in [-0.3, -0.25) is 9.36 Å². The monoisotopic (exact) mass is 402 g/mol. The van der Waals surface area contributed by atoms with Gasteiger partial charge in [0, 0.05) is 0 Å². The largest absolute Gasteiger partial charge is 0.391 e. The van der Waals surface area contributed by atoms with E-state index in [1.165, 1.54) is 0 Å². The van der Waals surface area contributed by atoms with Crippen LogP contribution in [0.1, 0.15) is 5.56 Å². The first kappa shape index (κ1) is 18.2. The highest BCUT2D eigenvalue weighted by molar-refractivity contribution is 8.01. The minimum absolute atomic E-state index is 0.118. The summed E-state index contributed by atoms with van der Waals surface area (Å²) >= 11 is 1.16. The molecule has 0 radical (unpaired) electrons. The number of aliphatic hydroxyl groups is 1. The smallest absolute Gasteiger partial charge is 0.262 e. The van der Waals surface area contributed by atoms with Gasteiger partial charge in [-0.25, -0.2) is 13.4 Å². The van der Waals surface area contributed by atoms with E-state index >= 15 is 0 Å². The summed E-state index contributed by atoms with van der Waals surface area (Å²) in [5.74, 6) is -0.367. The van der Waals surface area contributed by atoms with E-state index in [9.17, 15) is 18.3 Å². The molecule has 27 heavy (non-hydrogen) atoms. The van der Waals surface area contributed by atoms with Crippen LogP contribution >= 0.6 is 11.8 Å². The van der Waals surface area contributed by atoms with Gasteiger partial charge in [0.05, 0.1) is 40.3 Å². The van der Waals surface area contributed by atoms with Crippen LogP contribution in [-0.4, -0.2) is 45.9 Å². The third-order valence-corrected chi connectivity index (χ3v) is 7.77. The van der Waals surface area contributed by atoms with Crippen LogP contribution in [0.5, 0.6) is 0 Å². The minimum Gasteiger partial charge on any atom is -0.391 e. The Balaban J connectivity index is 1.80. The van der Waals surface area contributed by atoms with Gasteiger partial charge in [-0.05, 0) is 17.7 Å². The highest BCUT2D eigenvalue weighted by Crippen LogP contribution is 2.30. The molecule has 8 heteroatoms. The van der Waals surface area contributed by atoms with Crippen molar-refractivity contribution in [1.82, 2.24) is 9.55 Å². The molecule has 0 amide bonds. The Morgan fingerprint density at radius 1 is 1.07 bits per heavy atom. The maximum Gasteiger partial charge on any atom is 0.262 e. The van der Waals surface area contributed by atoms with Crippen LogP contribution in [-0.2, 0) is 16.4 Å². The Kier molecular flexibility index (Phi) is 4.79. The Bertz CT molecular complexity index is 1140. The second-order valence-electron chi connectivity index (χ2n) is 6.59. The van der Waals surface area contributed by atoms with Gasteiger partial charge in [0.15, 0.2) is 15.0 Å². The summed E-state index contributed by atoms with van der Waals surface area (Å²) in [4.78, 5) is 17.7. The highest BCUT2D eigenvalue weighted by Gasteiger charge is 2.38. The third-order valence-electron chi connectivity index (χ3n) is 4.54. The van der Waals surface area contributed by atoms with Crippen molar-refractivity contribution in [2.24, 2.45) is 0 Å². The molecule has 1 saturated heterocycles. The second kappa shape index (κ2) is 7.10. The van der Waals surface area contributed by atoms with Crippen LogP contribution in [0, 0.1) is 0 Å². The van der Waals surface area contributed by atoms with E-state index in [1.807, 2.05) is 30.3 Å². The van der Waals surface area contributed by atoms with Gasteiger partial charge >= 0.3 is 0 Å². The van der Waals surface area contributed by atoms with Gasteiger partial charge in [-0.1, -0.05) is 54.2 Å². The number of nitrogens with zero attached hydrogens (tertiary/aromatic N) is 2. The van der Waals surface area contributed by atoms with E-state index in [1.54, 1.807) is 28.8 Å². The van der Waals surface area contributed by atoms with Crippen LogP contribution in [0.2, 0.25) is 0 Å². The number of fused-ring (bicyclic) bond motifs is 1. The molecule has 0 bridgehead atoms. The summed E-state index contributed by atoms with van der Waals surface area (Å²) < 4.78 is 25.2. The normalized spacial score (nSPS) is 21.5. The Labute approximate surface area is 160 Å². The fourth-order valence-electron chi connectivity index (χ4n) is 3.19. The molecule has 0 aliphatic carbocycles. The van der Waals surface area contributed by atoms with E-state index in [2.05, 4.69) is 4.98 Å². The number of benzene rings is 2. The number of aromatic nitrogens is 2. The SMILES string of the molecule is O=c1c2ccccc2nc(S[C@@H]2CS(=O)(=O)C[C@@H]2O)n1Cc1ccccc1. The molecule has 4 rings (SSSR count). The standard InChI is InChI=1S/C19H18N2O4S2/c22-16-11-27(24,25)12-17(16)26-19-20-15-9-5-4-8-14(15)18(23)21(19)10-13-6-2-1-3-7-13/h1-9,16-17,22H,10-12H2/t16-,17+/m0/s1. The Morgan fingerprint density at radius 3 is 2.48 bits per heavy atom. The van der Waals surface area contributed by atoms with Gasteiger partial charge < -0.3 is 5.11 Å². The molecule has 1 aromatic heterocycles. The molecule has 0 spiro atoms. The molecule has 0 unspecified atom stereocenters. The van der Waals surface area contributed by atoms with Gasteiger partial charge in [-0.15, -0.1) is 0 Å². The predicted molar refractivity (Wildman–Crippen MR) is 106 cm³/mol. The summed E-state index contributed by atoms with van der Waals surface area (Å²) in [5, 5.41) is 10.5. The average molecular weight is 402 g/mol. The lowest BCUT2D eigenvalue weighted by atomic mass is 10.2. The Hall–Kier alpha value is -2.16. The number of hydrogen-bond acceptors (Lipinski definition) is 6. The minimum atomic E-state index is -3.28. The molecule has 2 atom stereocenters. The van der Waals surface area contributed by atoms with Gasteiger partial charge in [0.1, 0.15) is 0 Å². The van der Waals surface area contributed by atoms with Crippen molar-refractivity contribution in [3.8, 4) is 0 Å². The molecule has 1 aliphatic heterocycles. The zero-order chi connectivity index (χ0) is 19.0. The fourth-order valence-corrected chi connectivity index (χ4v) is 6.77. The number of rotatable bonds is 4. The first-order valence-electron chi connectivity index (χ1n) is 8.51. The van der Waals surface area contributed by atoms with Crippen molar-refractivity contribution >= 4 is 32.5 Å². The first-order chi connectivity index (χ1) is 12.9. The van der Waals surface area contributed by atoms with Gasteiger partial charge in [0.2, 0.25) is 0 Å². The van der Waals surface area contributed by atoms with Crippen molar-refractivity contribution in [1.29, 1.82) is 0 Å². The van der Waals surface area contributed by atoms with E-state index in [4.69, 9.17) is 0 Å². The average Bonchev–Trinajstić information content (AvgIpc) is 2.91. The van der Waals surface area contributed by atoms with Crippen LogP contribution in [0.3, 0.4) is 0 Å². The topological polar surface area (TPSA) is 89.3 Å². The molecule has 0 saturated carbocycles. The number of hydrogen-bond donors (Lipinski definition) is 1. The van der Waals surface area contributed by atoms with Crippen LogP contribution in [0.4, 0.5) is 0 Å². The lowest BCUT2D eigenvalue weighted by Crippen LogP contribution is -2.27. The lowest BCUT2D eigenvalue weighted by molar-refractivity contribution is 0.207. The molecule has 140 valence electrons. The molecular formula is C19H18N2O4S2. The van der Waals surface area contributed by atoms with Gasteiger partial charge in [-0.2, -0.15) is 0 Å². The summed E-state index contributed by atoms with van der Waals surface area (Å²) in [6, 6.07) is 16.6. The quantitative estimate of drug-likeness (QED) is 0.668. The molecule has 1 fully saturated rings. The molecule has 1 aliphatic rings. The molecule has 2 aromatic carbocycles. The summed E-state index contributed by atoms with van der Waals surface area (Å²) in [5.41, 5.74) is 1.32. The van der Waals surface area contributed by atoms with Gasteiger partial charge in [0.25, 0.3) is 5.56 Å². The van der Waals surface area contributed by atoms with E-state index in [0.717, 1.165) is 17.3 Å². The highest BCUT2D eigenvalue weighted by atomic mass is 32.2. The summed E-state index contributed by atoms with van der Waals surface area (Å²) in [6.45, 7) is 0.329. The molecule has 2 heterocycles. The first-order valence-corrected chi connectivity index (χ1v) is 11.2. The summed E-state index contributed by atoms with van der Waals surface area (Å²) in [7, 11) is -3.28. The Morgan fingerprint density at radius 2 is 1.78 bits per heavy atom. The number of para-hydroxylation sites is 1. The van der Waals surface area contributed by atoms with Crippen molar-refractivity contribution in [2.45, 2.75) is 23.1 Å². The molecule has 3 aromatic rings. The molecular weight excluding hydrogens is 384 g/mol. The van der Waals surface area contributed by atoms with Crippen LogP contribution < -0.4 is 5.56 Å².